The lowest BCUT2D eigenvalue weighted by Crippen LogP contribution is -2.32. The minimum Gasteiger partial charge on any atom is -0.497 e. The van der Waals surface area contributed by atoms with Crippen molar-refractivity contribution >= 4 is 56.5 Å². The van der Waals surface area contributed by atoms with Crippen LogP contribution in [0.1, 0.15) is 13.8 Å². The Labute approximate surface area is 228 Å². The first-order chi connectivity index (χ1) is 18.8. The number of anilines is 5. The van der Waals surface area contributed by atoms with Crippen molar-refractivity contribution in [3.63, 3.8) is 0 Å². The molecule has 4 rings (SSSR count). The average Bonchev–Trinajstić information content (AvgIpc) is 2.92. The molecule has 12 heteroatoms. The standard InChI is InChI=1S/C27H30N6O5S/c1-17(2)28-16-25(34)29-18-8-7-9-20(12-18)33(39(35)36)27-26(31-23-10-5-6-11-24(23)32-27)30-19-13-21(37-3)15-22(14-19)38-4/h5-15,17,28,39H,16H2,1-4H3,(H,29,34)(H,30,31). The SMILES string of the molecule is COc1cc(Nc2nc3ccccc3nc2N(c2cccc(NC(=O)CNC(C)C)c2)[SH](=O)=O)cc(OC)c1. The normalized spacial score (nSPS) is 11.0. The molecule has 0 radical (unpaired) electrons. The molecule has 1 aromatic heterocycles. The summed E-state index contributed by atoms with van der Waals surface area (Å²) in [7, 11) is -0.141. The number of ether oxygens (including phenoxy) is 2. The fraction of sp³-hybridized carbons (Fsp3) is 0.222. The van der Waals surface area contributed by atoms with Crippen LogP contribution in [0.4, 0.5) is 28.7 Å². The summed E-state index contributed by atoms with van der Waals surface area (Å²) in [5.41, 5.74) is 2.34. The number of benzene rings is 3. The molecule has 0 aliphatic heterocycles. The van der Waals surface area contributed by atoms with E-state index in [-0.39, 0.29) is 35.8 Å². The molecule has 204 valence electrons. The predicted octanol–water partition coefficient (Wildman–Crippen LogP) is 3.99. The molecule has 0 fully saturated rings. The second kappa shape index (κ2) is 12.4. The molecule has 11 nitrogen and oxygen atoms in total. The Morgan fingerprint density at radius 3 is 2.18 bits per heavy atom. The van der Waals surface area contributed by atoms with Crippen LogP contribution in [-0.2, 0) is 15.7 Å². The number of fused-ring (bicyclic) bond motifs is 1. The van der Waals surface area contributed by atoms with E-state index >= 15 is 0 Å². The van der Waals surface area contributed by atoms with Crippen LogP contribution in [0.15, 0.2) is 66.7 Å². The second-order valence-electron chi connectivity index (χ2n) is 8.79. The number of nitrogens with zero attached hydrogens (tertiary/aromatic N) is 3. The summed E-state index contributed by atoms with van der Waals surface area (Å²) < 4.78 is 37.1. The van der Waals surface area contributed by atoms with Gasteiger partial charge in [-0.25, -0.2) is 22.7 Å². The number of thiol groups is 1. The Hall–Kier alpha value is -4.42. The van der Waals surface area contributed by atoms with E-state index in [0.29, 0.717) is 33.9 Å². The van der Waals surface area contributed by atoms with Gasteiger partial charge in [0.05, 0.1) is 37.5 Å². The Balaban J connectivity index is 1.78. The summed E-state index contributed by atoms with van der Waals surface area (Å²) in [5, 5.41) is 9.01. The van der Waals surface area contributed by atoms with Gasteiger partial charge in [0.25, 0.3) is 0 Å². The molecule has 39 heavy (non-hydrogen) atoms. The van der Waals surface area contributed by atoms with E-state index in [1.807, 2.05) is 19.9 Å². The van der Waals surface area contributed by atoms with Gasteiger partial charge in [0.2, 0.25) is 16.8 Å². The highest BCUT2D eigenvalue weighted by atomic mass is 32.2. The van der Waals surface area contributed by atoms with Crippen LogP contribution >= 0.6 is 0 Å². The first-order valence-corrected chi connectivity index (χ1v) is 13.2. The maximum absolute atomic E-state index is 12.7. The minimum atomic E-state index is -3.21. The Morgan fingerprint density at radius 1 is 0.897 bits per heavy atom. The van der Waals surface area contributed by atoms with Crippen LogP contribution in [0.25, 0.3) is 11.0 Å². The third kappa shape index (κ3) is 6.92. The van der Waals surface area contributed by atoms with Crippen molar-refractivity contribution in [3.8, 4) is 11.5 Å². The zero-order valence-corrected chi connectivity index (χ0v) is 22.9. The zero-order chi connectivity index (χ0) is 27.9. The number of nitrogens with one attached hydrogen (secondary N) is 3. The van der Waals surface area contributed by atoms with Gasteiger partial charge in [0, 0.05) is 35.6 Å². The van der Waals surface area contributed by atoms with Crippen molar-refractivity contribution in [2.75, 3.05) is 35.7 Å². The van der Waals surface area contributed by atoms with Gasteiger partial charge in [-0.1, -0.05) is 32.0 Å². The van der Waals surface area contributed by atoms with Gasteiger partial charge in [0.1, 0.15) is 11.5 Å². The number of hydrogen-bond donors (Lipinski definition) is 4. The number of rotatable bonds is 11. The monoisotopic (exact) mass is 550 g/mol. The largest absolute Gasteiger partial charge is 0.497 e. The van der Waals surface area contributed by atoms with Crippen molar-refractivity contribution in [2.24, 2.45) is 0 Å². The van der Waals surface area contributed by atoms with E-state index in [2.05, 4.69) is 25.9 Å². The van der Waals surface area contributed by atoms with Gasteiger partial charge in [-0.15, -0.1) is 0 Å². The van der Waals surface area contributed by atoms with Crippen LogP contribution in [0, 0.1) is 0 Å². The van der Waals surface area contributed by atoms with Crippen molar-refractivity contribution in [2.45, 2.75) is 19.9 Å². The van der Waals surface area contributed by atoms with Crippen molar-refractivity contribution in [3.05, 3.63) is 66.7 Å². The fourth-order valence-corrected chi connectivity index (χ4v) is 4.36. The highest BCUT2D eigenvalue weighted by Crippen LogP contribution is 2.35. The predicted molar refractivity (Wildman–Crippen MR) is 153 cm³/mol. The van der Waals surface area contributed by atoms with E-state index in [4.69, 9.17) is 9.47 Å². The molecule has 0 unspecified atom stereocenters. The number of carbonyl (C=O) groups is 1. The highest BCUT2D eigenvalue weighted by molar-refractivity contribution is 7.74. The quantitative estimate of drug-likeness (QED) is 0.204. The van der Waals surface area contributed by atoms with E-state index in [0.717, 1.165) is 4.31 Å². The molecule has 0 atom stereocenters. The summed E-state index contributed by atoms with van der Waals surface area (Å²) in [4.78, 5) is 21.7. The van der Waals surface area contributed by atoms with Crippen LogP contribution in [0.3, 0.4) is 0 Å². The topological polar surface area (TPSA) is 135 Å². The van der Waals surface area contributed by atoms with Gasteiger partial charge >= 0.3 is 0 Å². The maximum Gasteiger partial charge on any atom is 0.238 e. The lowest BCUT2D eigenvalue weighted by Gasteiger charge is -2.21. The summed E-state index contributed by atoms with van der Waals surface area (Å²) in [6, 6.07) is 19.0. The maximum atomic E-state index is 12.7. The van der Waals surface area contributed by atoms with E-state index in [9.17, 15) is 13.2 Å². The molecule has 1 amide bonds. The van der Waals surface area contributed by atoms with Crippen LogP contribution in [0.2, 0.25) is 0 Å². The number of aromatic nitrogens is 2. The number of amides is 1. The molecular weight excluding hydrogens is 520 g/mol. The number of para-hydroxylation sites is 2. The molecule has 3 N–H and O–H groups in total. The van der Waals surface area contributed by atoms with Gasteiger partial charge < -0.3 is 25.4 Å². The minimum absolute atomic E-state index is 0.0524. The molecule has 3 aromatic carbocycles. The van der Waals surface area contributed by atoms with Gasteiger partial charge in [0.15, 0.2) is 11.6 Å². The first kappa shape index (κ1) is 27.6. The Bertz CT molecular complexity index is 1530. The molecule has 0 aliphatic carbocycles. The lowest BCUT2D eigenvalue weighted by molar-refractivity contribution is -0.115. The fourth-order valence-electron chi connectivity index (χ4n) is 3.75. The molecule has 1 heterocycles. The third-order valence-electron chi connectivity index (χ3n) is 5.58. The highest BCUT2D eigenvalue weighted by Gasteiger charge is 2.21. The van der Waals surface area contributed by atoms with Crippen LogP contribution in [0.5, 0.6) is 11.5 Å². The molecule has 4 aromatic rings. The molecule has 0 saturated heterocycles. The molecule has 0 aliphatic rings. The summed E-state index contributed by atoms with van der Waals surface area (Å²) >= 11 is 0. The summed E-state index contributed by atoms with van der Waals surface area (Å²) in [6.07, 6.45) is 0. The number of methoxy groups -OCH3 is 2. The van der Waals surface area contributed by atoms with E-state index in [1.165, 1.54) is 14.2 Å². The van der Waals surface area contributed by atoms with Gasteiger partial charge in [-0.2, -0.15) is 0 Å². The van der Waals surface area contributed by atoms with Crippen LogP contribution in [-0.4, -0.2) is 51.1 Å². The van der Waals surface area contributed by atoms with Crippen molar-refractivity contribution in [1.82, 2.24) is 15.3 Å². The summed E-state index contributed by atoms with van der Waals surface area (Å²) in [5.74, 6) is 1.07. The van der Waals surface area contributed by atoms with Gasteiger partial charge in [-0.3, -0.25) is 4.79 Å². The van der Waals surface area contributed by atoms with Crippen molar-refractivity contribution < 1.29 is 22.7 Å². The van der Waals surface area contributed by atoms with Gasteiger partial charge in [-0.05, 0) is 30.3 Å². The first-order valence-electron chi connectivity index (χ1n) is 12.1. The lowest BCUT2D eigenvalue weighted by atomic mass is 10.2. The second-order valence-corrected chi connectivity index (χ2v) is 9.67. The van der Waals surface area contributed by atoms with Crippen molar-refractivity contribution in [1.29, 1.82) is 0 Å². The zero-order valence-electron chi connectivity index (χ0n) is 22.0. The van der Waals surface area contributed by atoms with Crippen LogP contribution < -0.4 is 29.7 Å². The number of carbonyl (C=O) groups excluding carboxylic acids is 1. The average molecular weight is 551 g/mol. The Morgan fingerprint density at radius 2 is 1.56 bits per heavy atom. The smallest absolute Gasteiger partial charge is 0.238 e. The Kier molecular flexibility index (Phi) is 8.79. The molecule has 0 bridgehead atoms. The van der Waals surface area contributed by atoms with E-state index < -0.39 is 10.9 Å². The van der Waals surface area contributed by atoms with E-state index in [1.54, 1.807) is 60.7 Å². The third-order valence-corrected chi connectivity index (χ3v) is 6.32. The molecule has 0 saturated carbocycles. The molecule has 0 spiro atoms. The number of hydrogen-bond acceptors (Lipinski definition) is 9. The summed E-state index contributed by atoms with van der Waals surface area (Å²) in [6.45, 7) is 4.00. The molecular formula is C27H30N6O5S.